The van der Waals surface area contributed by atoms with Crippen molar-refractivity contribution >= 4 is 11.4 Å². The molecule has 2 aromatic carbocycles. The number of anilines is 2. The van der Waals surface area contributed by atoms with Gasteiger partial charge >= 0.3 is 0 Å². The summed E-state index contributed by atoms with van der Waals surface area (Å²) in [6.07, 6.45) is 1.90. The van der Waals surface area contributed by atoms with E-state index in [2.05, 4.69) is 86.2 Å². The lowest BCUT2D eigenvalue weighted by atomic mass is 10.1. The van der Waals surface area contributed by atoms with Crippen LogP contribution in [0.5, 0.6) is 5.75 Å². The maximum absolute atomic E-state index is 6.03. The largest absolute Gasteiger partial charge is 0.497 e. The molecule has 0 aliphatic carbocycles. The number of likely N-dealkylation sites (N-methyl/N-ethyl adjacent to an activating group) is 1. The van der Waals surface area contributed by atoms with E-state index in [9.17, 15) is 0 Å². The molecule has 2 fully saturated rings. The van der Waals surface area contributed by atoms with Crippen LogP contribution in [0.25, 0.3) is 0 Å². The third-order valence-corrected chi connectivity index (χ3v) is 7.73. The van der Waals surface area contributed by atoms with E-state index in [1.165, 1.54) is 16.8 Å². The molecule has 0 bridgehead atoms. The number of methoxy groups -OCH3 is 1. The Kier molecular flexibility index (Phi) is 10.3. The monoisotopic (exact) mass is 545 g/mol. The van der Waals surface area contributed by atoms with Crippen molar-refractivity contribution in [2.24, 2.45) is 0 Å². The number of aromatic nitrogens is 1. The minimum Gasteiger partial charge on any atom is -0.497 e. The average molecular weight is 546 g/mol. The van der Waals surface area contributed by atoms with Crippen molar-refractivity contribution in [3.63, 3.8) is 0 Å². The van der Waals surface area contributed by atoms with E-state index in [4.69, 9.17) is 14.2 Å². The van der Waals surface area contributed by atoms with Crippen LogP contribution in [0.3, 0.4) is 0 Å². The quantitative estimate of drug-likeness (QED) is 0.318. The molecule has 40 heavy (non-hydrogen) atoms. The van der Waals surface area contributed by atoms with Crippen molar-refractivity contribution in [1.29, 1.82) is 0 Å². The molecule has 0 N–H and O–H groups in total. The number of morpholine rings is 1. The van der Waals surface area contributed by atoms with Crippen LogP contribution in [0.1, 0.15) is 16.8 Å². The van der Waals surface area contributed by atoms with E-state index in [0.717, 1.165) is 89.2 Å². The van der Waals surface area contributed by atoms with Gasteiger partial charge in [-0.05, 0) is 54.6 Å². The highest BCUT2D eigenvalue weighted by Crippen LogP contribution is 2.25. The number of piperazine rings is 1. The van der Waals surface area contributed by atoms with Gasteiger partial charge in [0.15, 0.2) is 0 Å². The summed E-state index contributed by atoms with van der Waals surface area (Å²) >= 11 is 0. The van der Waals surface area contributed by atoms with Gasteiger partial charge in [-0.1, -0.05) is 24.3 Å². The molecule has 0 radical (unpaired) electrons. The normalized spacial score (nSPS) is 16.7. The van der Waals surface area contributed by atoms with Crippen molar-refractivity contribution in [3.05, 3.63) is 83.7 Å². The number of ether oxygens (including phenoxy) is 3. The Balaban J connectivity index is 1.29. The summed E-state index contributed by atoms with van der Waals surface area (Å²) in [4.78, 5) is 14.3. The van der Waals surface area contributed by atoms with E-state index in [-0.39, 0.29) is 0 Å². The Hall–Kier alpha value is -3.17. The number of hydrogen-bond donors (Lipinski definition) is 0. The molecule has 214 valence electrons. The topological polar surface area (TPSA) is 53.5 Å². The van der Waals surface area contributed by atoms with Crippen LogP contribution in [0.15, 0.2) is 66.9 Å². The lowest BCUT2D eigenvalue weighted by molar-refractivity contribution is 0.0177. The first kappa shape index (κ1) is 28.4. The second-order valence-corrected chi connectivity index (χ2v) is 10.7. The summed E-state index contributed by atoms with van der Waals surface area (Å²) in [5.74, 6) is 0.874. The number of nitrogens with zero attached hydrogens (tertiary/aromatic N) is 5. The second-order valence-electron chi connectivity index (χ2n) is 10.7. The third kappa shape index (κ3) is 8.17. The van der Waals surface area contributed by atoms with Gasteiger partial charge < -0.3 is 28.9 Å². The number of rotatable bonds is 12. The Bertz CT molecular complexity index is 1190. The molecule has 0 amide bonds. The molecule has 3 aromatic rings. The Morgan fingerprint density at radius 3 is 2.40 bits per heavy atom. The van der Waals surface area contributed by atoms with Crippen molar-refractivity contribution in [1.82, 2.24) is 14.8 Å². The van der Waals surface area contributed by atoms with Gasteiger partial charge in [-0.2, -0.15) is 0 Å². The maximum atomic E-state index is 6.03. The smallest absolute Gasteiger partial charge is 0.119 e. The van der Waals surface area contributed by atoms with Crippen molar-refractivity contribution < 1.29 is 14.2 Å². The van der Waals surface area contributed by atoms with Gasteiger partial charge in [0, 0.05) is 76.5 Å². The van der Waals surface area contributed by atoms with E-state index in [1.54, 1.807) is 7.11 Å². The number of benzene rings is 2. The lowest BCUT2D eigenvalue weighted by Crippen LogP contribution is -2.44. The zero-order chi connectivity index (χ0) is 27.6. The van der Waals surface area contributed by atoms with Gasteiger partial charge in [0.25, 0.3) is 0 Å². The van der Waals surface area contributed by atoms with Crippen LogP contribution >= 0.6 is 0 Å². The van der Waals surface area contributed by atoms with Gasteiger partial charge in [0.2, 0.25) is 0 Å². The molecule has 2 aliphatic heterocycles. The summed E-state index contributed by atoms with van der Waals surface area (Å²) in [6, 6.07) is 21.6. The van der Waals surface area contributed by atoms with Crippen LogP contribution in [0, 0.1) is 0 Å². The first-order valence-corrected chi connectivity index (χ1v) is 14.4. The van der Waals surface area contributed by atoms with E-state index < -0.39 is 0 Å². The average Bonchev–Trinajstić information content (AvgIpc) is 3.00. The zero-order valence-corrected chi connectivity index (χ0v) is 24.0. The molecule has 3 heterocycles. The van der Waals surface area contributed by atoms with Crippen LogP contribution < -0.4 is 14.5 Å². The summed E-state index contributed by atoms with van der Waals surface area (Å²) in [5, 5.41) is 0. The fraction of sp³-hybridized carbons (Fsp3) is 0.469. The fourth-order valence-electron chi connectivity index (χ4n) is 5.30. The van der Waals surface area contributed by atoms with E-state index >= 15 is 0 Å². The Morgan fingerprint density at radius 2 is 1.62 bits per heavy atom. The van der Waals surface area contributed by atoms with Gasteiger partial charge in [0.1, 0.15) is 5.75 Å². The Morgan fingerprint density at radius 1 is 0.875 bits per heavy atom. The molecule has 2 aliphatic rings. The zero-order valence-electron chi connectivity index (χ0n) is 24.0. The van der Waals surface area contributed by atoms with Gasteiger partial charge in [-0.25, -0.2) is 0 Å². The highest BCUT2D eigenvalue weighted by atomic mass is 16.5. The maximum Gasteiger partial charge on any atom is 0.119 e. The summed E-state index contributed by atoms with van der Waals surface area (Å²) in [6.45, 7) is 11.6. The molecular formula is C32H43N5O3. The number of pyridine rings is 1. The molecular weight excluding hydrogens is 502 g/mol. The first-order chi connectivity index (χ1) is 19.7. The van der Waals surface area contributed by atoms with Crippen LogP contribution in [0.2, 0.25) is 0 Å². The predicted molar refractivity (Wildman–Crippen MR) is 160 cm³/mol. The highest BCUT2D eigenvalue weighted by Gasteiger charge is 2.16. The molecule has 2 saturated heterocycles. The highest BCUT2D eigenvalue weighted by molar-refractivity contribution is 5.52. The van der Waals surface area contributed by atoms with Crippen molar-refractivity contribution in [2.45, 2.75) is 19.7 Å². The summed E-state index contributed by atoms with van der Waals surface area (Å²) < 4.78 is 17.0. The molecule has 8 nitrogen and oxygen atoms in total. The van der Waals surface area contributed by atoms with Crippen molar-refractivity contribution in [2.75, 3.05) is 89.6 Å². The molecule has 0 saturated carbocycles. The molecule has 0 atom stereocenters. The van der Waals surface area contributed by atoms with Gasteiger partial charge in [0.05, 0.1) is 39.2 Å². The van der Waals surface area contributed by atoms with Crippen LogP contribution in [-0.2, 0) is 29.2 Å². The molecule has 0 spiro atoms. The Labute approximate surface area is 239 Å². The molecule has 5 rings (SSSR count). The van der Waals surface area contributed by atoms with Gasteiger partial charge in [-0.15, -0.1) is 0 Å². The molecule has 8 heteroatoms. The second kappa shape index (κ2) is 14.5. The summed E-state index contributed by atoms with van der Waals surface area (Å²) in [5.41, 5.74) is 5.88. The van der Waals surface area contributed by atoms with E-state index in [0.29, 0.717) is 13.2 Å². The van der Waals surface area contributed by atoms with Gasteiger partial charge in [-0.3, -0.25) is 9.88 Å². The fourth-order valence-corrected chi connectivity index (χ4v) is 5.30. The SMILES string of the molecule is COc1cccc(CN(Cc2cccc(N3CCN(C)CC3)c2)c2ccnc(COCCN3CCOCC3)c2)c1. The first-order valence-electron chi connectivity index (χ1n) is 14.4. The minimum absolute atomic E-state index is 0.504. The van der Waals surface area contributed by atoms with E-state index in [1.807, 2.05) is 12.3 Å². The van der Waals surface area contributed by atoms with Crippen LogP contribution in [0.4, 0.5) is 11.4 Å². The molecule has 1 aromatic heterocycles. The number of hydrogen-bond acceptors (Lipinski definition) is 8. The lowest BCUT2D eigenvalue weighted by Gasteiger charge is -2.34. The molecule has 0 unspecified atom stereocenters. The minimum atomic E-state index is 0.504. The third-order valence-electron chi connectivity index (χ3n) is 7.73. The van der Waals surface area contributed by atoms with Crippen LogP contribution in [-0.4, -0.2) is 94.6 Å². The van der Waals surface area contributed by atoms with Crippen molar-refractivity contribution in [3.8, 4) is 5.75 Å². The standard InChI is InChI=1S/C32H43N5O3/c1-34-11-13-36(14-12-34)30-7-3-5-27(21-30)24-37(25-28-6-4-8-32(22-28)38-2)31-9-10-33-29(23-31)26-40-20-17-35-15-18-39-19-16-35/h3-10,21-23H,11-20,24-26H2,1-2H3. The predicted octanol–water partition coefficient (Wildman–Crippen LogP) is 3.90. The summed E-state index contributed by atoms with van der Waals surface area (Å²) in [7, 11) is 3.91.